The van der Waals surface area contributed by atoms with Crippen LogP contribution in [0.1, 0.15) is 37.1 Å². The molecule has 1 fully saturated rings. The van der Waals surface area contributed by atoms with Gasteiger partial charge in [-0.05, 0) is 12.8 Å². The Morgan fingerprint density at radius 1 is 1.41 bits per heavy atom. The normalized spacial score (nSPS) is 16.7. The summed E-state index contributed by atoms with van der Waals surface area (Å²) in [6.45, 7) is 0.659. The molecular formula is C12H19N3OS. The van der Waals surface area contributed by atoms with Crippen molar-refractivity contribution in [3.63, 3.8) is 0 Å². The number of hydrogen-bond acceptors (Lipinski definition) is 3. The van der Waals surface area contributed by atoms with Crippen LogP contribution in [0.2, 0.25) is 0 Å². The van der Waals surface area contributed by atoms with Crippen LogP contribution >= 0.6 is 11.3 Å². The van der Waals surface area contributed by atoms with Crippen LogP contribution in [0.25, 0.3) is 0 Å². The second kappa shape index (κ2) is 6.59. The molecule has 0 radical (unpaired) electrons. The maximum absolute atomic E-state index is 11.6. The second-order valence-corrected chi connectivity index (χ2v) is 5.39. The Morgan fingerprint density at radius 3 is 2.94 bits per heavy atom. The van der Waals surface area contributed by atoms with Crippen LogP contribution in [-0.4, -0.2) is 23.6 Å². The summed E-state index contributed by atoms with van der Waals surface area (Å²) >= 11 is 1.63. The molecular weight excluding hydrogens is 234 g/mol. The van der Waals surface area contributed by atoms with E-state index in [2.05, 4.69) is 15.6 Å². The molecule has 2 N–H and O–H groups in total. The van der Waals surface area contributed by atoms with Gasteiger partial charge in [0.2, 0.25) is 0 Å². The van der Waals surface area contributed by atoms with E-state index in [1.165, 1.54) is 19.3 Å². The van der Waals surface area contributed by atoms with Gasteiger partial charge in [-0.3, -0.25) is 0 Å². The Labute approximate surface area is 106 Å². The fraction of sp³-hybridized carbons (Fsp3) is 0.667. The number of nitrogens with one attached hydrogen (secondary N) is 2. The monoisotopic (exact) mass is 253 g/mol. The zero-order valence-electron chi connectivity index (χ0n) is 9.95. The van der Waals surface area contributed by atoms with E-state index in [1.54, 1.807) is 17.5 Å². The van der Waals surface area contributed by atoms with Gasteiger partial charge in [-0.1, -0.05) is 19.3 Å². The molecule has 94 valence electrons. The molecule has 1 aromatic rings. The van der Waals surface area contributed by atoms with Crippen LogP contribution < -0.4 is 10.6 Å². The molecule has 0 bridgehead atoms. The van der Waals surface area contributed by atoms with Gasteiger partial charge in [0.05, 0.1) is 5.01 Å². The molecule has 0 unspecified atom stereocenters. The third-order valence-electron chi connectivity index (χ3n) is 3.05. The fourth-order valence-corrected chi connectivity index (χ4v) is 2.76. The van der Waals surface area contributed by atoms with Crippen LogP contribution in [0.5, 0.6) is 0 Å². The van der Waals surface area contributed by atoms with E-state index in [1.807, 2.05) is 5.38 Å². The van der Waals surface area contributed by atoms with Gasteiger partial charge in [0.15, 0.2) is 0 Å². The summed E-state index contributed by atoms with van der Waals surface area (Å²) in [6.07, 6.45) is 8.65. The first kappa shape index (κ1) is 12.4. The molecule has 4 nitrogen and oxygen atoms in total. The topological polar surface area (TPSA) is 54.0 Å². The first-order valence-electron chi connectivity index (χ1n) is 6.27. The Bertz CT molecular complexity index is 334. The SMILES string of the molecule is O=C(NCCc1nccs1)NC1CCCCC1. The maximum Gasteiger partial charge on any atom is 0.315 e. The zero-order valence-corrected chi connectivity index (χ0v) is 10.8. The molecule has 0 atom stereocenters. The third-order valence-corrected chi connectivity index (χ3v) is 3.89. The van der Waals surface area contributed by atoms with E-state index in [0.29, 0.717) is 12.6 Å². The summed E-state index contributed by atoms with van der Waals surface area (Å²) in [5, 5.41) is 8.94. The Morgan fingerprint density at radius 2 is 2.24 bits per heavy atom. The smallest absolute Gasteiger partial charge is 0.315 e. The van der Waals surface area contributed by atoms with Crippen molar-refractivity contribution in [1.29, 1.82) is 0 Å². The van der Waals surface area contributed by atoms with E-state index in [0.717, 1.165) is 24.3 Å². The lowest BCUT2D eigenvalue weighted by Gasteiger charge is -2.22. The number of amides is 2. The molecule has 2 amide bonds. The average molecular weight is 253 g/mol. The average Bonchev–Trinajstić information content (AvgIpc) is 2.83. The minimum atomic E-state index is -0.0338. The van der Waals surface area contributed by atoms with Crippen molar-refractivity contribution in [2.24, 2.45) is 0 Å². The van der Waals surface area contributed by atoms with E-state index < -0.39 is 0 Å². The molecule has 17 heavy (non-hydrogen) atoms. The molecule has 1 saturated carbocycles. The number of thiazole rings is 1. The highest BCUT2D eigenvalue weighted by Crippen LogP contribution is 2.17. The van der Waals surface area contributed by atoms with Crippen molar-refractivity contribution >= 4 is 17.4 Å². The molecule has 0 aliphatic heterocycles. The van der Waals surface area contributed by atoms with Crippen LogP contribution in [0, 0.1) is 0 Å². The minimum absolute atomic E-state index is 0.0338. The summed E-state index contributed by atoms with van der Waals surface area (Å²) in [6, 6.07) is 0.345. The number of rotatable bonds is 4. The molecule has 1 aliphatic carbocycles. The lowest BCUT2D eigenvalue weighted by Crippen LogP contribution is -2.43. The van der Waals surface area contributed by atoms with Gasteiger partial charge < -0.3 is 10.6 Å². The highest BCUT2D eigenvalue weighted by atomic mass is 32.1. The van der Waals surface area contributed by atoms with Crippen LogP contribution in [0.15, 0.2) is 11.6 Å². The number of carbonyl (C=O) groups excluding carboxylic acids is 1. The molecule has 0 aromatic carbocycles. The number of hydrogen-bond donors (Lipinski definition) is 2. The zero-order chi connectivity index (χ0) is 11.9. The van der Waals surface area contributed by atoms with Gasteiger partial charge in [-0.25, -0.2) is 9.78 Å². The lowest BCUT2D eigenvalue weighted by atomic mass is 9.96. The molecule has 0 spiro atoms. The Hall–Kier alpha value is -1.10. The predicted molar refractivity (Wildman–Crippen MR) is 69.2 cm³/mol. The van der Waals surface area contributed by atoms with Crippen LogP contribution in [0.4, 0.5) is 4.79 Å². The van der Waals surface area contributed by atoms with Crippen molar-refractivity contribution < 1.29 is 4.79 Å². The number of urea groups is 1. The molecule has 1 aromatic heterocycles. The van der Waals surface area contributed by atoms with Crippen LogP contribution in [-0.2, 0) is 6.42 Å². The van der Waals surface area contributed by atoms with Gasteiger partial charge in [0, 0.05) is 30.6 Å². The Balaban J connectivity index is 1.60. The van der Waals surface area contributed by atoms with Gasteiger partial charge in [0.25, 0.3) is 0 Å². The third kappa shape index (κ3) is 4.34. The second-order valence-electron chi connectivity index (χ2n) is 4.41. The number of carbonyl (C=O) groups is 1. The first-order chi connectivity index (χ1) is 8.34. The minimum Gasteiger partial charge on any atom is -0.338 e. The summed E-state index contributed by atoms with van der Waals surface area (Å²) in [5.74, 6) is 0. The summed E-state index contributed by atoms with van der Waals surface area (Å²) in [7, 11) is 0. The quantitative estimate of drug-likeness (QED) is 0.865. The van der Waals surface area contributed by atoms with Crippen molar-refractivity contribution in [1.82, 2.24) is 15.6 Å². The lowest BCUT2D eigenvalue weighted by molar-refractivity contribution is 0.233. The highest BCUT2D eigenvalue weighted by Gasteiger charge is 2.14. The van der Waals surface area contributed by atoms with Gasteiger partial charge in [-0.15, -0.1) is 11.3 Å². The summed E-state index contributed by atoms with van der Waals surface area (Å²) < 4.78 is 0. The van der Waals surface area contributed by atoms with Gasteiger partial charge >= 0.3 is 6.03 Å². The first-order valence-corrected chi connectivity index (χ1v) is 7.15. The standard InChI is InChI=1S/C12H19N3OS/c16-12(15-10-4-2-1-3-5-10)14-7-6-11-13-8-9-17-11/h8-10H,1-7H2,(H2,14,15,16). The molecule has 1 aliphatic rings. The largest absolute Gasteiger partial charge is 0.338 e. The van der Waals surface area contributed by atoms with E-state index in [4.69, 9.17) is 0 Å². The van der Waals surface area contributed by atoms with E-state index >= 15 is 0 Å². The molecule has 1 heterocycles. The highest BCUT2D eigenvalue weighted by molar-refractivity contribution is 7.09. The molecule has 0 saturated heterocycles. The van der Waals surface area contributed by atoms with Crippen molar-refractivity contribution in [2.45, 2.75) is 44.6 Å². The van der Waals surface area contributed by atoms with Crippen molar-refractivity contribution in [2.75, 3.05) is 6.54 Å². The number of nitrogens with zero attached hydrogens (tertiary/aromatic N) is 1. The van der Waals surface area contributed by atoms with Gasteiger partial charge in [0.1, 0.15) is 0 Å². The fourth-order valence-electron chi connectivity index (χ4n) is 2.14. The van der Waals surface area contributed by atoms with Crippen molar-refractivity contribution in [3.8, 4) is 0 Å². The Kier molecular flexibility index (Phi) is 4.79. The predicted octanol–water partition coefficient (Wildman–Crippen LogP) is 2.32. The number of aromatic nitrogens is 1. The maximum atomic E-state index is 11.6. The summed E-state index contributed by atoms with van der Waals surface area (Å²) in [4.78, 5) is 15.8. The molecule has 2 rings (SSSR count). The van der Waals surface area contributed by atoms with E-state index in [9.17, 15) is 4.79 Å². The molecule has 5 heteroatoms. The van der Waals surface area contributed by atoms with Gasteiger partial charge in [-0.2, -0.15) is 0 Å². The van der Waals surface area contributed by atoms with Crippen molar-refractivity contribution in [3.05, 3.63) is 16.6 Å². The van der Waals surface area contributed by atoms with E-state index in [-0.39, 0.29) is 6.03 Å². The van der Waals surface area contributed by atoms with Crippen LogP contribution in [0.3, 0.4) is 0 Å². The summed E-state index contributed by atoms with van der Waals surface area (Å²) in [5.41, 5.74) is 0.